The summed E-state index contributed by atoms with van der Waals surface area (Å²) in [6.07, 6.45) is 1.41. The maximum atomic E-state index is 14.8. The van der Waals surface area contributed by atoms with Gasteiger partial charge in [0.25, 0.3) is 11.8 Å². The van der Waals surface area contributed by atoms with Crippen molar-refractivity contribution in [1.29, 1.82) is 0 Å². The third kappa shape index (κ3) is 9.78. The van der Waals surface area contributed by atoms with Gasteiger partial charge in [-0.15, -0.1) is 0 Å². The first-order valence-electron chi connectivity index (χ1n) is 24.6. The Morgan fingerprint density at radius 1 is 0.903 bits per heavy atom. The van der Waals surface area contributed by atoms with Crippen LogP contribution in [0.4, 0.5) is 4.39 Å². The number of carbonyl (C=O) groups is 5. The van der Waals surface area contributed by atoms with Gasteiger partial charge in [0, 0.05) is 90.5 Å². The van der Waals surface area contributed by atoms with Crippen LogP contribution in [-0.4, -0.2) is 115 Å². The molecule has 2 saturated heterocycles. The summed E-state index contributed by atoms with van der Waals surface area (Å²) < 4.78 is 36.7. The second-order valence-electron chi connectivity index (χ2n) is 20.2. The zero-order valence-corrected chi connectivity index (χ0v) is 42.8. The maximum absolute atomic E-state index is 14.8. The summed E-state index contributed by atoms with van der Waals surface area (Å²) in [4.78, 5) is 72.2. The van der Waals surface area contributed by atoms with Gasteiger partial charge < -0.3 is 28.6 Å². The third-order valence-corrected chi connectivity index (χ3v) is 14.5. The van der Waals surface area contributed by atoms with Crippen molar-refractivity contribution in [2.45, 2.75) is 111 Å². The highest BCUT2D eigenvalue weighted by Gasteiger charge is 2.41. The topological polar surface area (TPSA) is 158 Å². The first-order chi connectivity index (χ1) is 34.3. The first kappa shape index (κ1) is 50.2. The summed E-state index contributed by atoms with van der Waals surface area (Å²) >= 11 is 7.24. The molecule has 17 heteroatoms. The summed E-state index contributed by atoms with van der Waals surface area (Å²) in [6, 6.07) is 18.2. The van der Waals surface area contributed by atoms with Crippen LogP contribution in [0.15, 0.2) is 66.7 Å². The van der Waals surface area contributed by atoms with E-state index >= 15 is 0 Å². The molecule has 6 aromatic rings. The number of esters is 1. The minimum absolute atomic E-state index is 0.0850. The number of rotatable bonds is 14. The maximum Gasteiger partial charge on any atom is 0.355 e. The van der Waals surface area contributed by atoms with Crippen LogP contribution >= 0.6 is 11.6 Å². The van der Waals surface area contributed by atoms with Crippen LogP contribution in [0.1, 0.15) is 97.2 Å². The van der Waals surface area contributed by atoms with Crippen LogP contribution in [-0.2, 0) is 45.7 Å². The number of piperazine rings is 1. The van der Waals surface area contributed by atoms with E-state index in [1.807, 2.05) is 76.7 Å². The van der Waals surface area contributed by atoms with Crippen molar-refractivity contribution in [3.8, 4) is 22.6 Å². The Morgan fingerprint density at radius 2 is 1.62 bits per heavy atom. The number of fused-ring (bicyclic) bond motifs is 3. The standard InChI is InChI=1S/C55H61ClFN7O8/c1-31-27-61(47(66)30-71-45-16-10-13-40-41(45)29-64(53(40)68)43-21-22-46(65)58-52(43)67)28-32(2)62(31)23-24-63-50-39(19-20-42(56)49(50)48-33(3)59-60(8)34(48)4)38(51(63)54(69)72-55(5,6)7)14-11-25-70-44-15-9-12-35-26-36(57)17-18-37(35)44/h9-10,12-13,15-20,26,31-32,43H,11,14,21-25,27-30H2,1-8H3,(H,58,65,67). The van der Waals surface area contributed by atoms with E-state index in [0.29, 0.717) is 79.0 Å². The Kier molecular flexibility index (Phi) is 14.0. The summed E-state index contributed by atoms with van der Waals surface area (Å²) in [5.41, 5.74) is 5.64. The molecular weight excluding hydrogens is 941 g/mol. The van der Waals surface area contributed by atoms with E-state index in [2.05, 4.69) is 28.6 Å². The van der Waals surface area contributed by atoms with Gasteiger partial charge in [0.2, 0.25) is 11.8 Å². The summed E-state index contributed by atoms with van der Waals surface area (Å²) in [5, 5.41) is 10.0. The van der Waals surface area contributed by atoms with Crippen molar-refractivity contribution < 1.29 is 42.6 Å². The van der Waals surface area contributed by atoms with E-state index < -0.39 is 23.5 Å². The highest BCUT2D eigenvalue weighted by Crippen LogP contribution is 2.43. The molecule has 3 aliphatic heterocycles. The number of halogens is 2. The lowest BCUT2D eigenvalue weighted by atomic mass is 9.98. The van der Waals surface area contributed by atoms with Crippen molar-refractivity contribution >= 4 is 62.9 Å². The fourth-order valence-corrected chi connectivity index (χ4v) is 11.1. The molecule has 3 unspecified atom stereocenters. The number of nitrogens with one attached hydrogen (secondary N) is 1. The smallest absolute Gasteiger partial charge is 0.355 e. The lowest BCUT2D eigenvalue weighted by molar-refractivity contribution is -0.138. The zero-order chi connectivity index (χ0) is 51.3. The van der Waals surface area contributed by atoms with Crippen LogP contribution in [0.25, 0.3) is 32.8 Å². The van der Waals surface area contributed by atoms with E-state index in [1.165, 1.54) is 17.0 Å². The fourth-order valence-electron chi connectivity index (χ4n) is 10.8. The molecule has 72 heavy (non-hydrogen) atoms. The molecule has 0 spiro atoms. The minimum Gasteiger partial charge on any atom is -0.493 e. The Balaban J connectivity index is 0.966. The van der Waals surface area contributed by atoms with E-state index in [-0.39, 0.29) is 61.6 Å². The molecule has 1 N–H and O–H groups in total. The number of aryl methyl sites for hydroxylation is 3. The lowest BCUT2D eigenvalue weighted by Gasteiger charge is -2.44. The van der Waals surface area contributed by atoms with Gasteiger partial charge in [-0.3, -0.25) is 34.1 Å². The highest BCUT2D eigenvalue weighted by molar-refractivity contribution is 6.35. The molecule has 2 fully saturated rings. The van der Waals surface area contributed by atoms with Gasteiger partial charge in [0.05, 0.1) is 29.4 Å². The Labute approximate surface area is 423 Å². The number of amides is 4. The molecule has 0 radical (unpaired) electrons. The Bertz CT molecular complexity index is 3150. The predicted molar refractivity (Wildman–Crippen MR) is 272 cm³/mol. The van der Waals surface area contributed by atoms with Crippen LogP contribution in [0.5, 0.6) is 11.5 Å². The number of ether oxygens (including phenoxy) is 3. The van der Waals surface area contributed by atoms with Crippen LogP contribution < -0.4 is 14.8 Å². The van der Waals surface area contributed by atoms with E-state index in [4.69, 9.17) is 30.9 Å². The van der Waals surface area contributed by atoms with Crippen molar-refractivity contribution in [2.75, 3.05) is 32.8 Å². The molecule has 5 heterocycles. The molecule has 9 rings (SSSR count). The predicted octanol–water partition coefficient (Wildman–Crippen LogP) is 8.33. The molecular formula is C55H61ClFN7O8. The normalized spacial score (nSPS) is 18.5. The molecule has 0 bridgehead atoms. The second kappa shape index (κ2) is 20.0. The Hall–Kier alpha value is -6.78. The molecule has 3 atom stereocenters. The number of carbonyl (C=O) groups excluding carboxylic acids is 5. The largest absolute Gasteiger partial charge is 0.493 e. The molecule has 0 saturated carbocycles. The molecule has 0 aliphatic carbocycles. The van der Waals surface area contributed by atoms with Crippen molar-refractivity contribution in [1.82, 2.24) is 34.4 Å². The van der Waals surface area contributed by atoms with E-state index in [0.717, 1.165) is 49.8 Å². The molecule has 15 nitrogen and oxygen atoms in total. The monoisotopic (exact) mass is 1000 g/mol. The second-order valence-corrected chi connectivity index (χ2v) is 20.7. The van der Waals surface area contributed by atoms with Crippen molar-refractivity contribution in [3.05, 3.63) is 111 Å². The van der Waals surface area contributed by atoms with Crippen LogP contribution in [0, 0.1) is 19.7 Å². The van der Waals surface area contributed by atoms with Crippen molar-refractivity contribution in [3.63, 3.8) is 0 Å². The first-order valence-corrected chi connectivity index (χ1v) is 25.0. The van der Waals surface area contributed by atoms with Crippen LogP contribution in [0.2, 0.25) is 5.02 Å². The van der Waals surface area contributed by atoms with Gasteiger partial charge in [-0.25, -0.2) is 9.18 Å². The van der Waals surface area contributed by atoms with Gasteiger partial charge in [-0.1, -0.05) is 35.9 Å². The third-order valence-electron chi connectivity index (χ3n) is 14.2. The number of benzene rings is 4. The summed E-state index contributed by atoms with van der Waals surface area (Å²) in [5.74, 6) is -1.11. The van der Waals surface area contributed by atoms with E-state index in [9.17, 15) is 28.4 Å². The SMILES string of the molecule is Cc1nn(C)c(C)c1-c1c(Cl)ccc2c(CCCOc3cccc4cc(F)ccc34)c(C(=O)OC(C)(C)C)n(CCN3C(C)CN(C(=O)COc4cccc5c4CN(C4CCC(=O)NC4=O)C5=O)CC3C)c12. The average Bonchev–Trinajstić information content (AvgIpc) is 3.92. The van der Waals surface area contributed by atoms with Crippen LogP contribution in [0.3, 0.4) is 0 Å². The number of imide groups is 1. The molecule has 2 aromatic heterocycles. The van der Waals surface area contributed by atoms with E-state index in [1.54, 1.807) is 29.2 Å². The minimum atomic E-state index is -0.798. The quantitative estimate of drug-likeness (QED) is 0.0639. The van der Waals surface area contributed by atoms with Gasteiger partial charge in [-0.05, 0) is 121 Å². The van der Waals surface area contributed by atoms with Crippen molar-refractivity contribution in [2.24, 2.45) is 7.05 Å². The number of hydrogen-bond acceptors (Lipinski definition) is 10. The number of aromatic nitrogens is 3. The highest BCUT2D eigenvalue weighted by atomic mass is 35.5. The van der Waals surface area contributed by atoms with Gasteiger partial charge >= 0.3 is 5.97 Å². The molecule has 3 aliphatic rings. The van der Waals surface area contributed by atoms with Gasteiger partial charge in [-0.2, -0.15) is 5.10 Å². The summed E-state index contributed by atoms with van der Waals surface area (Å²) in [6.45, 7) is 15.7. The number of nitrogens with zero attached hydrogens (tertiary/aromatic N) is 6. The molecule has 4 aromatic carbocycles. The number of hydrogen-bond donors (Lipinski definition) is 1. The fraction of sp³-hybridized carbons (Fsp3) is 0.418. The molecule has 378 valence electrons. The zero-order valence-electron chi connectivity index (χ0n) is 42.1. The van der Waals surface area contributed by atoms with Gasteiger partial charge in [0.1, 0.15) is 34.7 Å². The Morgan fingerprint density at radius 3 is 2.33 bits per heavy atom. The molecule has 4 amide bonds. The number of piperidine rings is 1. The average molecular weight is 1000 g/mol. The summed E-state index contributed by atoms with van der Waals surface area (Å²) in [7, 11) is 1.90. The van der Waals surface area contributed by atoms with Gasteiger partial charge in [0.15, 0.2) is 6.61 Å². The lowest BCUT2D eigenvalue weighted by Crippen LogP contribution is -2.59.